The summed E-state index contributed by atoms with van der Waals surface area (Å²) in [6, 6.07) is 8.25. The van der Waals surface area contributed by atoms with Crippen LogP contribution in [-0.4, -0.2) is 30.6 Å². The molecule has 2 N–H and O–H groups in total. The second kappa shape index (κ2) is 5.29. The van der Waals surface area contributed by atoms with Crippen molar-refractivity contribution < 1.29 is 4.74 Å². The molecule has 2 rings (SSSR count). The molecule has 1 saturated heterocycles. The van der Waals surface area contributed by atoms with Crippen molar-refractivity contribution in [3.63, 3.8) is 0 Å². The first-order chi connectivity index (χ1) is 8.48. The third-order valence-corrected chi connectivity index (χ3v) is 3.81. The molecule has 0 spiro atoms. The number of rotatable bonds is 3. The Balaban J connectivity index is 2.00. The number of nitrogens with two attached hydrogens (primary N) is 1. The minimum absolute atomic E-state index is 0.0254. The van der Waals surface area contributed by atoms with Gasteiger partial charge in [0.05, 0.1) is 0 Å². The number of benzene rings is 1. The summed E-state index contributed by atoms with van der Waals surface area (Å²) in [5.41, 5.74) is 6.97. The van der Waals surface area contributed by atoms with Gasteiger partial charge in [-0.05, 0) is 51.4 Å². The van der Waals surface area contributed by atoms with Gasteiger partial charge < -0.3 is 15.4 Å². The summed E-state index contributed by atoms with van der Waals surface area (Å²) in [5.74, 6) is 0.950. The van der Waals surface area contributed by atoms with Crippen LogP contribution in [0.2, 0.25) is 0 Å². The van der Waals surface area contributed by atoms with Crippen LogP contribution in [0.1, 0.15) is 38.3 Å². The topological polar surface area (TPSA) is 38.5 Å². The number of hydrogen-bond acceptors (Lipinski definition) is 3. The summed E-state index contributed by atoms with van der Waals surface area (Å²) in [6.45, 7) is 6.41. The molecule has 1 aliphatic rings. The first-order valence-electron chi connectivity index (χ1n) is 6.72. The lowest BCUT2D eigenvalue weighted by molar-refractivity contribution is 0.0241. The maximum Gasteiger partial charge on any atom is 0.120 e. The van der Waals surface area contributed by atoms with Crippen LogP contribution in [0.3, 0.4) is 0 Å². The van der Waals surface area contributed by atoms with Gasteiger partial charge in [0, 0.05) is 19.1 Å². The number of hydrogen-bond donors (Lipinski definition) is 1. The van der Waals surface area contributed by atoms with E-state index in [0.717, 1.165) is 37.2 Å². The van der Waals surface area contributed by atoms with Crippen LogP contribution in [0.15, 0.2) is 24.3 Å². The van der Waals surface area contributed by atoms with Crippen molar-refractivity contribution in [2.45, 2.75) is 38.3 Å². The van der Waals surface area contributed by atoms with Crippen molar-refractivity contribution in [2.75, 3.05) is 20.1 Å². The molecule has 0 amide bonds. The number of piperidine rings is 1. The quantitative estimate of drug-likeness (QED) is 0.893. The van der Waals surface area contributed by atoms with Crippen molar-refractivity contribution >= 4 is 0 Å². The zero-order chi connectivity index (χ0) is 13.2. The highest BCUT2D eigenvalue weighted by Crippen LogP contribution is 2.28. The standard InChI is InChI=1S/C15H24N2O/c1-12(16)13-4-6-14(7-5-13)18-15(2)8-10-17(3)11-9-15/h4-7,12H,8-11,16H2,1-3H3. The van der Waals surface area contributed by atoms with Crippen LogP contribution >= 0.6 is 0 Å². The first-order valence-corrected chi connectivity index (χ1v) is 6.72. The Bertz CT molecular complexity index is 378. The number of nitrogens with zero attached hydrogens (tertiary/aromatic N) is 1. The van der Waals surface area contributed by atoms with Crippen molar-refractivity contribution in [1.82, 2.24) is 4.90 Å². The maximum absolute atomic E-state index is 6.16. The van der Waals surface area contributed by atoms with Crippen LogP contribution in [0, 0.1) is 0 Å². The highest BCUT2D eigenvalue weighted by atomic mass is 16.5. The Morgan fingerprint density at radius 3 is 2.28 bits per heavy atom. The van der Waals surface area contributed by atoms with Gasteiger partial charge in [-0.25, -0.2) is 0 Å². The second-order valence-electron chi connectivity index (χ2n) is 5.71. The largest absolute Gasteiger partial charge is 0.487 e. The normalized spacial score (nSPS) is 21.6. The van der Waals surface area contributed by atoms with Crippen LogP contribution < -0.4 is 10.5 Å². The van der Waals surface area contributed by atoms with E-state index in [9.17, 15) is 0 Å². The molecule has 0 saturated carbocycles. The molecule has 1 heterocycles. The SMILES string of the molecule is CC(N)c1ccc(OC2(C)CCN(C)CC2)cc1. The van der Waals surface area contributed by atoms with E-state index in [1.165, 1.54) is 0 Å². The Labute approximate surface area is 110 Å². The van der Waals surface area contributed by atoms with E-state index in [0.29, 0.717) is 0 Å². The van der Waals surface area contributed by atoms with Crippen molar-refractivity contribution in [2.24, 2.45) is 5.73 Å². The van der Waals surface area contributed by atoms with Gasteiger partial charge in [-0.2, -0.15) is 0 Å². The molecule has 1 atom stereocenters. The minimum atomic E-state index is -0.0254. The van der Waals surface area contributed by atoms with Crippen LogP contribution in [-0.2, 0) is 0 Å². The van der Waals surface area contributed by atoms with Crippen LogP contribution in [0.25, 0.3) is 0 Å². The molecule has 18 heavy (non-hydrogen) atoms. The van der Waals surface area contributed by atoms with E-state index in [-0.39, 0.29) is 11.6 Å². The fourth-order valence-corrected chi connectivity index (χ4v) is 2.32. The van der Waals surface area contributed by atoms with Gasteiger partial charge in [0.1, 0.15) is 11.4 Å². The molecule has 3 nitrogen and oxygen atoms in total. The van der Waals surface area contributed by atoms with E-state index >= 15 is 0 Å². The third kappa shape index (κ3) is 3.24. The Morgan fingerprint density at radius 1 is 1.22 bits per heavy atom. The predicted molar refractivity (Wildman–Crippen MR) is 74.8 cm³/mol. The van der Waals surface area contributed by atoms with Gasteiger partial charge in [0.2, 0.25) is 0 Å². The fourth-order valence-electron chi connectivity index (χ4n) is 2.32. The van der Waals surface area contributed by atoms with Crippen LogP contribution in [0.4, 0.5) is 0 Å². The summed E-state index contributed by atoms with van der Waals surface area (Å²) >= 11 is 0. The van der Waals surface area contributed by atoms with Crippen molar-refractivity contribution in [1.29, 1.82) is 0 Å². The summed E-state index contributed by atoms with van der Waals surface area (Å²) in [5, 5.41) is 0. The average Bonchev–Trinajstić information content (AvgIpc) is 2.34. The summed E-state index contributed by atoms with van der Waals surface area (Å²) < 4.78 is 6.16. The van der Waals surface area contributed by atoms with Gasteiger partial charge in [-0.1, -0.05) is 12.1 Å². The van der Waals surface area contributed by atoms with Crippen molar-refractivity contribution in [3.05, 3.63) is 29.8 Å². The predicted octanol–water partition coefficient (Wildman–Crippen LogP) is 2.57. The van der Waals surface area contributed by atoms with E-state index in [1.54, 1.807) is 0 Å². The smallest absolute Gasteiger partial charge is 0.120 e. The zero-order valence-electron chi connectivity index (χ0n) is 11.6. The minimum Gasteiger partial charge on any atom is -0.487 e. The fraction of sp³-hybridized carbons (Fsp3) is 0.600. The Morgan fingerprint density at radius 2 is 1.78 bits per heavy atom. The molecule has 3 heteroatoms. The lowest BCUT2D eigenvalue weighted by Gasteiger charge is -2.38. The van der Waals surface area contributed by atoms with Gasteiger partial charge in [0.15, 0.2) is 0 Å². The molecular weight excluding hydrogens is 224 g/mol. The lowest BCUT2D eigenvalue weighted by atomic mass is 9.93. The zero-order valence-corrected chi connectivity index (χ0v) is 11.6. The van der Waals surface area contributed by atoms with Gasteiger partial charge in [-0.15, -0.1) is 0 Å². The first kappa shape index (κ1) is 13.4. The van der Waals surface area contributed by atoms with Crippen LogP contribution in [0.5, 0.6) is 5.75 Å². The maximum atomic E-state index is 6.16. The van der Waals surface area contributed by atoms with Gasteiger partial charge in [0.25, 0.3) is 0 Å². The monoisotopic (exact) mass is 248 g/mol. The second-order valence-corrected chi connectivity index (χ2v) is 5.71. The molecule has 0 aliphatic carbocycles. The summed E-state index contributed by atoms with van der Waals surface area (Å²) in [7, 11) is 2.16. The van der Waals surface area contributed by atoms with Gasteiger partial charge >= 0.3 is 0 Å². The highest BCUT2D eigenvalue weighted by Gasteiger charge is 2.30. The number of ether oxygens (including phenoxy) is 1. The van der Waals surface area contributed by atoms with E-state index < -0.39 is 0 Å². The third-order valence-electron chi connectivity index (χ3n) is 3.81. The lowest BCUT2D eigenvalue weighted by Crippen LogP contribution is -2.44. The van der Waals surface area contributed by atoms with E-state index in [2.05, 4.69) is 31.0 Å². The molecule has 0 aromatic heterocycles. The number of likely N-dealkylation sites (tertiary alicyclic amines) is 1. The summed E-state index contributed by atoms with van der Waals surface area (Å²) in [4.78, 5) is 2.35. The van der Waals surface area contributed by atoms with E-state index in [1.807, 2.05) is 19.1 Å². The van der Waals surface area contributed by atoms with Gasteiger partial charge in [-0.3, -0.25) is 0 Å². The molecule has 100 valence electrons. The molecular formula is C15H24N2O. The molecule has 1 unspecified atom stereocenters. The Hall–Kier alpha value is -1.06. The molecule has 1 aromatic carbocycles. The Kier molecular flexibility index (Phi) is 3.93. The summed E-state index contributed by atoms with van der Waals surface area (Å²) in [6.07, 6.45) is 2.16. The average molecular weight is 248 g/mol. The molecule has 1 aliphatic heterocycles. The van der Waals surface area contributed by atoms with E-state index in [4.69, 9.17) is 10.5 Å². The molecule has 0 bridgehead atoms. The molecule has 1 aromatic rings. The molecule has 1 fully saturated rings. The highest BCUT2D eigenvalue weighted by molar-refractivity contribution is 5.29. The van der Waals surface area contributed by atoms with Crippen molar-refractivity contribution in [3.8, 4) is 5.75 Å². The molecule has 0 radical (unpaired) electrons.